The number of allylic oxidation sites excluding steroid dienone is 7. The molecule has 5 heteroatoms. The van der Waals surface area contributed by atoms with Gasteiger partial charge in [0.15, 0.2) is 0 Å². The summed E-state index contributed by atoms with van der Waals surface area (Å²) in [4.78, 5) is 11.8. The first kappa shape index (κ1) is 27.1. The van der Waals surface area contributed by atoms with Gasteiger partial charge >= 0.3 is 6.09 Å². The largest absolute Gasteiger partial charge is 0.445 e. The molecule has 4 N–H and O–H groups in total. The number of rotatable bonds is 10. The molecule has 0 atom stereocenters. The summed E-state index contributed by atoms with van der Waals surface area (Å²) in [5.74, 6) is 0. The summed E-state index contributed by atoms with van der Waals surface area (Å²) in [6.45, 7) is 20.7. The highest BCUT2D eigenvalue weighted by molar-refractivity contribution is 6.05. The first-order chi connectivity index (χ1) is 13.2. The van der Waals surface area contributed by atoms with Gasteiger partial charge in [0.2, 0.25) is 0 Å². The standard InChI is InChI=1S/C21H29N3O2.C2H6/c1-7-9-18(8-2)14-26-21(25)24-13-19(17(6)22)12-16(5)10-11-20(23)15(3)4;1-2/h7-12,23H,1-3,13-14,22H2,4-6H3,(H,24,25);1-2H3/b11-10-,16-12-,18-9+,19-17+,23-20?;. The first-order valence-corrected chi connectivity index (χ1v) is 9.12. The average molecular weight is 386 g/mol. The van der Waals surface area contributed by atoms with E-state index in [1.165, 1.54) is 0 Å². The number of hydrogen-bond donors (Lipinski definition) is 3. The maximum Gasteiger partial charge on any atom is 0.407 e. The summed E-state index contributed by atoms with van der Waals surface area (Å²) in [5, 5.41) is 10.4. The van der Waals surface area contributed by atoms with Gasteiger partial charge in [-0.25, -0.2) is 4.79 Å². The van der Waals surface area contributed by atoms with Gasteiger partial charge in [-0.3, -0.25) is 0 Å². The molecule has 5 nitrogen and oxygen atoms in total. The molecule has 0 saturated heterocycles. The normalized spacial score (nSPS) is 12.3. The van der Waals surface area contributed by atoms with Gasteiger partial charge in [-0.2, -0.15) is 0 Å². The summed E-state index contributed by atoms with van der Waals surface area (Å²) in [6, 6.07) is 0. The molecule has 0 aromatic carbocycles. The van der Waals surface area contributed by atoms with Gasteiger partial charge in [0, 0.05) is 12.2 Å². The molecule has 0 saturated carbocycles. The Morgan fingerprint density at radius 1 is 1.18 bits per heavy atom. The molecule has 0 aliphatic rings. The van der Waals surface area contributed by atoms with Crippen molar-refractivity contribution >= 4 is 11.8 Å². The minimum absolute atomic E-state index is 0.114. The van der Waals surface area contributed by atoms with E-state index in [4.69, 9.17) is 15.9 Å². The lowest BCUT2D eigenvalue weighted by Crippen LogP contribution is -2.27. The van der Waals surface area contributed by atoms with Crippen LogP contribution in [-0.4, -0.2) is 25.0 Å². The lowest BCUT2D eigenvalue weighted by molar-refractivity contribution is 0.157. The van der Waals surface area contributed by atoms with E-state index in [9.17, 15) is 4.79 Å². The van der Waals surface area contributed by atoms with Gasteiger partial charge in [-0.15, -0.1) is 0 Å². The number of hydrogen-bond acceptors (Lipinski definition) is 4. The summed E-state index contributed by atoms with van der Waals surface area (Å²) < 4.78 is 5.11. The zero-order valence-electron chi connectivity index (χ0n) is 17.9. The van der Waals surface area contributed by atoms with Crippen LogP contribution >= 0.6 is 0 Å². The Morgan fingerprint density at radius 2 is 1.79 bits per heavy atom. The Morgan fingerprint density at radius 3 is 2.25 bits per heavy atom. The minimum atomic E-state index is -0.550. The predicted octanol–water partition coefficient (Wildman–Crippen LogP) is 5.37. The molecular formula is C23H35N3O2. The second-order valence-electron chi connectivity index (χ2n) is 5.74. The lowest BCUT2D eigenvalue weighted by Gasteiger charge is -2.10. The van der Waals surface area contributed by atoms with Crippen LogP contribution in [0.15, 0.2) is 84.2 Å². The SMILES string of the molecule is C=C/C=C(\C=C)COC(=O)NCC(/C=C(C)\C=C/C(=N)C(=C)C)=C(\C)N.CC. The van der Waals surface area contributed by atoms with E-state index >= 15 is 0 Å². The number of nitrogens with two attached hydrogens (primary N) is 1. The fourth-order valence-corrected chi connectivity index (χ4v) is 1.68. The second-order valence-corrected chi connectivity index (χ2v) is 5.74. The van der Waals surface area contributed by atoms with Crippen molar-refractivity contribution in [1.29, 1.82) is 5.41 Å². The minimum Gasteiger partial charge on any atom is -0.445 e. The van der Waals surface area contributed by atoms with Crippen LogP contribution in [0.1, 0.15) is 34.6 Å². The third-order valence-electron chi connectivity index (χ3n) is 3.27. The first-order valence-electron chi connectivity index (χ1n) is 9.12. The average Bonchev–Trinajstić information content (AvgIpc) is 2.67. The van der Waals surface area contributed by atoms with Crippen molar-refractivity contribution in [1.82, 2.24) is 5.32 Å². The highest BCUT2D eigenvalue weighted by atomic mass is 16.5. The number of carbonyl (C=O) groups is 1. The number of ether oxygens (including phenoxy) is 1. The van der Waals surface area contributed by atoms with E-state index < -0.39 is 6.09 Å². The molecule has 0 bridgehead atoms. The van der Waals surface area contributed by atoms with Crippen molar-refractivity contribution in [2.45, 2.75) is 34.6 Å². The van der Waals surface area contributed by atoms with Gasteiger partial charge in [0.25, 0.3) is 0 Å². The van der Waals surface area contributed by atoms with E-state index in [1.54, 1.807) is 44.2 Å². The molecule has 0 aromatic rings. The highest BCUT2D eigenvalue weighted by Crippen LogP contribution is 2.07. The number of amides is 1. The fourth-order valence-electron chi connectivity index (χ4n) is 1.68. The number of alkyl carbamates (subject to hydrolysis) is 1. The van der Waals surface area contributed by atoms with Crippen molar-refractivity contribution in [2.75, 3.05) is 13.2 Å². The maximum atomic E-state index is 11.8. The highest BCUT2D eigenvalue weighted by Gasteiger charge is 2.05. The molecule has 0 radical (unpaired) electrons. The summed E-state index contributed by atoms with van der Waals surface area (Å²) >= 11 is 0. The molecule has 28 heavy (non-hydrogen) atoms. The monoisotopic (exact) mass is 385 g/mol. The molecule has 0 unspecified atom stereocenters. The van der Waals surface area contributed by atoms with Crippen LogP contribution in [0.25, 0.3) is 0 Å². The predicted molar refractivity (Wildman–Crippen MR) is 122 cm³/mol. The molecule has 0 spiro atoms. The Labute approximate surface area is 170 Å². The molecule has 0 heterocycles. The molecular weight excluding hydrogens is 350 g/mol. The topological polar surface area (TPSA) is 88.2 Å². The van der Waals surface area contributed by atoms with Crippen LogP contribution in [0.4, 0.5) is 4.79 Å². The number of carbonyl (C=O) groups excluding carboxylic acids is 1. The van der Waals surface area contributed by atoms with Crippen LogP contribution < -0.4 is 11.1 Å². The molecule has 0 aliphatic carbocycles. The number of nitrogens with one attached hydrogen (secondary N) is 2. The quantitative estimate of drug-likeness (QED) is 0.349. The molecule has 154 valence electrons. The van der Waals surface area contributed by atoms with Crippen LogP contribution in [0.2, 0.25) is 0 Å². The van der Waals surface area contributed by atoms with E-state index in [2.05, 4.69) is 25.1 Å². The van der Waals surface area contributed by atoms with Gasteiger partial charge in [-0.1, -0.05) is 69.5 Å². The van der Waals surface area contributed by atoms with Crippen molar-refractivity contribution in [3.05, 3.63) is 84.2 Å². The molecule has 0 fully saturated rings. The summed E-state index contributed by atoms with van der Waals surface area (Å²) in [6.07, 6.45) is 9.70. The van der Waals surface area contributed by atoms with Gasteiger partial charge in [-0.05, 0) is 43.6 Å². The Balaban J connectivity index is 0. The van der Waals surface area contributed by atoms with Gasteiger partial charge in [0.1, 0.15) is 6.61 Å². The van der Waals surface area contributed by atoms with Gasteiger partial charge in [0.05, 0.1) is 5.71 Å². The second kappa shape index (κ2) is 16.1. The maximum absolute atomic E-state index is 11.8. The smallest absolute Gasteiger partial charge is 0.407 e. The van der Waals surface area contributed by atoms with Crippen molar-refractivity contribution in [3.63, 3.8) is 0 Å². The zero-order chi connectivity index (χ0) is 22.1. The van der Waals surface area contributed by atoms with Gasteiger partial charge < -0.3 is 21.2 Å². The Hall–Kier alpha value is -3.08. The zero-order valence-corrected chi connectivity index (χ0v) is 17.9. The van der Waals surface area contributed by atoms with Crippen molar-refractivity contribution in [3.8, 4) is 0 Å². The Kier molecular flexibility index (Phi) is 15.6. The molecule has 0 rings (SSSR count). The Bertz CT molecular complexity index is 689. The summed E-state index contributed by atoms with van der Waals surface area (Å²) in [5.41, 5.74) is 9.94. The summed E-state index contributed by atoms with van der Waals surface area (Å²) in [7, 11) is 0. The lowest BCUT2D eigenvalue weighted by atomic mass is 10.1. The molecule has 1 amide bonds. The van der Waals surface area contributed by atoms with E-state index in [-0.39, 0.29) is 13.2 Å². The van der Waals surface area contributed by atoms with E-state index in [0.29, 0.717) is 17.0 Å². The van der Waals surface area contributed by atoms with E-state index in [1.807, 2.05) is 26.8 Å². The van der Waals surface area contributed by atoms with Crippen LogP contribution in [0, 0.1) is 5.41 Å². The fraction of sp³-hybridized carbons (Fsp3) is 0.304. The van der Waals surface area contributed by atoms with Crippen LogP contribution in [0.3, 0.4) is 0 Å². The third-order valence-corrected chi connectivity index (χ3v) is 3.27. The van der Waals surface area contributed by atoms with Crippen LogP contribution in [-0.2, 0) is 4.74 Å². The van der Waals surface area contributed by atoms with E-state index in [0.717, 1.165) is 16.7 Å². The van der Waals surface area contributed by atoms with Crippen LogP contribution in [0.5, 0.6) is 0 Å². The van der Waals surface area contributed by atoms with Crippen molar-refractivity contribution in [2.24, 2.45) is 5.73 Å². The van der Waals surface area contributed by atoms with Crippen molar-refractivity contribution < 1.29 is 9.53 Å². The molecule has 0 aromatic heterocycles. The molecule has 0 aliphatic heterocycles. The third kappa shape index (κ3) is 13.2.